The minimum Gasteiger partial charge on any atom is -0.469 e. The predicted octanol–water partition coefficient (Wildman–Crippen LogP) is 5.41. The van der Waals surface area contributed by atoms with Gasteiger partial charge >= 0.3 is 0 Å². The summed E-state index contributed by atoms with van der Waals surface area (Å²) in [6.45, 7) is 14.0. The lowest BCUT2D eigenvalue weighted by molar-refractivity contribution is 0.523. The normalized spacial score (nSPS) is 13.8. The van der Waals surface area contributed by atoms with Crippen molar-refractivity contribution in [3.8, 4) is 0 Å². The molecule has 0 atom stereocenters. The van der Waals surface area contributed by atoms with Crippen LogP contribution >= 0.6 is 7.92 Å². The fraction of sp³-hybridized carbons (Fsp3) is 0.600. The van der Waals surface area contributed by atoms with Gasteiger partial charge in [0.25, 0.3) is 0 Å². The molecule has 1 aromatic rings. The molecular weight excluding hydrogens is 227 g/mol. The first kappa shape index (κ1) is 14.5. The van der Waals surface area contributed by atoms with Crippen molar-refractivity contribution in [1.82, 2.24) is 0 Å². The summed E-state index contributed by atoms with van der Waals surface area (Å²) in [7, 11) is -0.147. The molecule has 1 heterocycles. The Bertz CT molecular complexity index is 335. The summed E-state index contributed by atoms with van der Waals surface area (Å²) >= 11 is 0. The van der Waals surface area contributed by atoms with Gasteiger partial charge in [0, 0.05) is 6.42 Å². The van der Waals surface area contributed by atoms with Gasteiger partial charge in [0.05, 0.1) is 6.26 Å². The Morgan fingerprint density at radius 3 is 2.12 bits per heavy atom. The van der Waals surface area contributed by atoms with Gasteiger partial charge in [-0.2, -0.15) is 0 Å². The van der Waals surface area contributed by atoms with Crippen LogP contribution < -0.4 is 0 Å². The predicted molar refractivity (Wildman–Crippen MR) is 78.0 cm³/mol. The molecule has 0 saturated heterocycles. The quantitative estimate of drug-likeness (QED) is 0.655. The molecule has 0 saturated carbocycles. The van der Waals surface area contributed by atoms with E-state index < -0.39 is 0 Å². The highest BCUT2D eigenvalue weighted by atomic mass is 31.1. The maximum atomic E-state index is 5.34. The summed E-state index contributed by atoms with van der Waals surface area (Å²) in [5.41, 5.74) is 0. The van der Waals surface area contributed by atoms with Gasteiger partial charge in [0.2, 0.25) is 0 Å². The fourth-order valence-corrected chi connectivity index (χ4v) is 5.38. The molecule has 0 fully saturated rings. The van der Waals surface area contributed by atoms with E-state index in [4.69, 9.17) is 4.42 Å². The second-order valence-electron chi connectivity index (χ2n) is 6.38. The zero-order valence-corrected chi connectivity index (χ0v) is 12.8. The second kappa shape index (κ2) is 5.40. The van der Waals surface area contributed by atoms with E-state index in [1.54, 1.807) is 6.26 Å². The highest BCUT2D eigenvalue weighted by molar-refractivity contribution is 7.63. The minimum absolute atomic E-state index is 0.147. The lowest BCUT2D eigenvalue weighted by Crippen LogP contribution is -2.23. The summed E-state index contributed by atoms with van der Waals surface area (Å²) in [5.74, 6) is 3.46. The average Bonchev–Trinajstić information content (AvgIpc) is 2.60. The highest BCUT2D eigenvalue weighted by Gasteiger charge is 2.31. The van der Waals surface area contributed by atoms with Crippen molar-refractivity contribution in [2.24, 2.45) is 0 Å². The topological polar surface area (TPSA) is 13.1 Å². The molecule has 1 nitrogen and oxygen atoms in total. The van der Waals surface area contributed by atoms with Crippen LogP contribution in [0.5, 0.6) is 0 Å². The number of hydrogen-bond donors (Lipinski definition) is 0. The van der Waals surface area contributed by atoms with E-state index in [1.807, 2.05) is 12.1 Å². The zero-order valence-electron chi connectivity index (χ0n) is 11.9. The maximum absolute atomic E-state index is 5.34. The Balaban J connectivity index is 2.71. The average molecular weight is 252 g/mol. The van der Waals surface area contributed by atoms with Crippen LogP contribution in [0.3, 0.4) is 0 Å². The van der Waals surface area contributed by atoms with Crippen LogP contribution in [-0.4, -0.2) is 10.3 Å². The molecule has 0 amide bonds. The van der Waals surface area contributed by atoms with Gasteiger partial charge in [-0.05, 0) is 22.4 Å². The van der Waals surface area contributed by atoms with E-state index in [2.05, 4.69) is 53.4 Å². The largest absolute Gasteiger partial charge is 0.469 e. The van der Waals surface area contributed by atoms with E-state index in [-0.39, 0.29) is 7.92 Å². The van der Waals surface area contributed by atoms with Crippen molar-refractivity contribution in [2.45, 2.75) is 58.3 Å². The van der Waals surface area contributed by atoms with Gasteiger partial charge in [0.1, 0.15) is 5.76 Å². The van der Waals surface area contributed by atoms with Crippen molar-refractivity contribution in [1.29, 1.82) is 0 Å². The molecule has 0 bridgehead atoms. The summed E-state index contributed by atoms with van der Waals surface area (Å²) in [5, 5.41) is 0.709. The number of furan rings is 1. The Labute approximate surface area is 107 Å². The van der Waals surface area contributed by atoms with E-state index in [9.17, 15) is 0 Å². The van der Waals surface area contributed by atoms with Crippen molar-refractivity contribution >= 4 is 7.92 Å². The highest BCUT2D eigenvalue weighted by Crippen LogP contribution is 2.60. The Kier molecular flexibility index (Phi) is 4.61. The van der Waals surface area contributed by atoms with Crippen LogP contribution in [0, 0.1) is 0 Å². The SMILES string of the molecule is CC(C)(C)P(C=CCc1ccco1)C(C)(C)C. The summed E-state index contributed by atoms with van der Waals surface area (Å²) < 4.78 is 5.34. The van der Waals surface area contributed by atoms with Gasteiger partial charge in [0.15, 0.2) is 0 Å². The summed E-state index contributed by atoms with van der Waals surface area (Å²) in [4.78, 5) is 0. The molecular formula is C15H25OP. The third-order valence-electron chi connectivity index (χ3n) is 2.60. The first-order valence-corrected chi connectivity index (χ1v) is 7.61. The fourth-order valence-electron chi connectivity index (χ4n) is 2.16. The molecule has 1 aromatic heterocycles. The van der Waals surface area contributed by atoms with E-state index in [1.165, 1.54) is 0 Å². The van der Waals surface area contributed by atoms with Crippen LogP contribution in [-0.2, 0) is 6.42 Å². The molecule has 96 valence electrons. The molecule has 0 aliphatic heterocycles. The standard InChI is InChI=1S/C15H25OP/c1-14(2,3)17(15(4,5)6)12-8-10-13-9-7-11-16-13/h7-9,11-12H,10H2,1-6H3. The Morgan fingerprint density at radius 2 is 1.71 bits per heavy atom. The van der Waals surface area contributed by atoms with E-state index >= 15 is 0 Å². The van der Waals surface area contributed by atoms with Gasteiger partial charge in [-0.15, -0.1) is 0 Å². The summed E-state index contributed by atoms with van der Waals surface area (Å²) in [6, 6.07) is 3.97. The molecule has 2 heteroatoms. The van der Waals surface area contributed by atoms with Crippen LogP contribution in [0.4, 0.5) is 0 Å². The second-order valence-corrected chi connectivity index (χ2v) is 10.1. The van der Waals surface area contributed by atoms with Crippen molar-refractivity contribution in [2.75, 3.05) is 0 Å². The number of allylic oxidation sites excluding steroid dienone is 1. The Hall–Kier alpha value is -0.550. The summed E-state index contributed by atoms with van der Waals surface area (Å²) in [6.07, 6.45) is 4.90. The molecule has 17 heavy (non-hydrogen) atoms. The molecule has 0 unspecified atom stereocenters. The molecule has 0 N–H and O–H groups in total. The zero-order chi connectivity index (χ0) is 13.1. The number of hydrogen-bond acceptors (Lipinski definition) is 1. The lowest BCUT2D eigenvalue weighted by Gasteiger charge is -2.39. The lowest BCUT2D eigenvalue weighted by atomic mass is 10.2. The first-order valence-electron chi connectivity index (χ1n) is 6.20. The third-order valence-corrected chi connectivity index (χ3v) is 6.00. The van der Waals surface area contributed by atoms with Gasteiger partial charge in [-0.3, -0.25) is 0 Å². The molecule has 0 spiro atoms. The van der Waals surface area contributed by atoms with Gasteiger partial charge in [-0.25, -0.2) is 0 Å². The maximum Gasteiger partial charge on any atom is 0.107 e. The molecule has 1 rings (SSSR count). The first-order chi connectivity index (χ1) is 7.71. The van der Waals surface area contributed by atoms with Gasteiger partial charge in [-0.1, -0.05) is 61.4 Å². The van der Waals surface area contributed by atoms with Crippen LogP contribution in [0.1, 0.15) is 47.3 Å². The van der Waals surface area contributed by atoms with Crippen LogP contribution in [0.25, 0.3) is 0 Å². The Morgan fingerprint density at radius 1 is 1.12 bits per heavy atom. The van der Waals surface area contributed by atoms with Crippen molar-refractivity contribution in [3.05, 3.63) is 36.0 Å². The van der Waals surface area contributed by atoms with Crippen LogP contribution in [0.2, 0.25) is 0 Å². The molecule has 0 aromatic carbocycles. The third kappa shape index (κ3) is 4.68. The van der Waals surface area contributed by atoms with E-state index in [0.29, 0.717) is 10.3 Å². The monoisotopic (exact) mass is 252 g/mol. The van der Waals surface area contributed by atoms with Crippen molar-refractivity contribution < 1.29 is 4.42 Å². The van der Waals surface area contributed by atoms with Crippen molar-refractivity contribution in [3.63, 3.8) is 0 Å². The smallest absolute Gasteiger partial charge is 0.107 e. The molecule has 0 radical (unpaired) electrons. The van der Waals surface area contributed by atoms with Gasteiger partial charge < -0.3 is 4.42 Å². The molecule has 0 aliphatic carbocycles. The number of rotatable bonds is 3. The molecule has 0 aliphatic rings. The van der Waals surface area contributed by atoms with E-state index in [0.717, 1.165) is 12.2 Å². The van der Waals surface area contributed by atoms with Crippen LogP contribution in [0.15, 0.2) is 34.7 Å². The minimum atomic E-state index is -0.147.